The van der Waals surface area contributed by atoms with E-state index in [9.17, 15) is 4.79 Å². The second-order valence-electron chi connectivity index (χ2n) is 2.81. The lowest BCUT2D eigenvalue weighted by Crippen LogP contribution is -2.33. The smallest absolute Gasteiger partial charge is 0.287 e. The van der Waals surface area contributed by atoms with Crippen LogP contribution in [0.15, 0.2) is 22.8 Å². The molecule has 0 aliphatic carbocycles. The van der Waals surface area contributed by atoms with E-state index in [1.54, 1.807) is 23.9 Å². The predicted octanol–water partition coefficient (Wildman–Crippen LogP) is 1.76. The summed E-state index contributed by atoms with van der Waals surface area (Å²) in [6.45, 7) is 1.97. The Morgan fingerprint density at radius 3 is 3.08 bits per heavy atom. The topological polar surface area (TPSA) is 42.2 Å². The predicted molar refractivity (Wildman–Crippen MR) is 54.0 cm³/mol. The number of amides is 1. The summed E-state index contributed by atoms with van der Waals surface area (Å²) in [6.07, 6.45) is 3.50. The highest BCUT2D eigenvalue weighted by Gasteiger charge is 2.10. The Morgan fingerprint density at radius 1 is 1.77 bits per heavy atom. The highest BCUT2D eigenvalue weighted by molar-refractivity contribution is 7.98. The van der Waals surface area contributed by atoms with Gasteiger partial charge >= 0.3 is 0 Å². The molecule has 0 saturated carbocycles. The molecule has 0 aliphatic rings. The van der Waals surface area contributed by atoms with Crippen molar-refractivity contribution in [2.75, 3.05) is 12.0 Å². The molecule has 1 unspecified atom stereocenters. The molecule has 1 aromatic heterocycles. The van der Waals surface area contributed by atoms with Crippen LogP contribution in [-0.4, -0.2) is 24.0 Å². The van der Waals surface area contributed by atoms with Crippen molar-refractivity contribution in [3.8, 4) is 0 Å². The van der Waals surface area contributed by atoms with Crippen molar-refractivity contribution in [2.45, 2.75) is 13.0 Å². The van der Waals surface area contributed by atoms with Gasteiger partial charge in [0.15, 0.2) is 5.76 Å². The Kier molecular flexibility index (Phi) is 3.89. The van der Waals surface area contributed by atoms with Crippen LogP contribution in [0.1, 0.15) is 17.5 Å². The van der Waals surface area contributed by atoms with E-state index in [4.69, 9.17) is 4.42 Å². The summed E-state index contributed by atoms with van der Waals surface area (Å²) in [4.78, 5) is 11.4. The molecule has 1 amide bonds. The van der Waals surface area contributed by atoms with Crippen LogP contribution >= 0.6 is 11.8 Å². The molecule has 3 nitrogen and oxygen atoms in total. The maximum atomic E-state index is 11.4. The Balaban J connectivity index is 2.42. The first kappa shape index (κ1) is 10.2. The number of furan rings is 1. The van der Waals surface area contributed by atoms with E-state index in [0.717, 1.165) is 5.75 Å². The third-order valence-electron chi connectivity index (χ3n) is 1.54. The molecule has 1 aromatic rings. The molecule has 1 heterocycles. The summed E-state index contributed by atoms with van der Waals surface area (Å²) in [7, 11) is 0. The van der Waals surface area contributed by atoms with Gasteiger partial charge in [0, 0.05) is 11.8 Å². The zero-order chi connectivity index (χ0) is 9.68. The lowest BCUT2D eigenvalue weighted by atomic mass is 10.3. The van der Waals surface area contributed by atoms with Crippen LogP contribution in [0, 0.1) is 0 Å². The minimum atomic E-state index is -0.147. The molecule has 1 atom stereocenters. The minimum absolute atomic E-state index is 0.147. The Bertz CT molecular complexity index is 259. The van der Waals surface area contributed by atoms with Gasteiger partial charge in [-0.15, -0.1) is 0 Å². The Hall–Kier alpha value is -0.900. The second-order valence-corrected chi connectivity index (χ2v) is 3.72. The monoisotopic (exact) mass is 199 g/mol. The molecule has 0 fully saturated rings. The molecular weight excluding hydrogens is 186 g/mol. The number of rotatable bonds is 4. The van der Waals surface area contributed by atoms with E-state index in [1.165, 1.54) is 6.26 Å². The fourth-order valence-electron chi connectivity index (χ4n) is 0.994. The van der Waals surface area contributed by atoms with Gasteiger partial charge in [0.05, 0.1) is 6.26 Å². The zero-order valence-corrected chi connectivity index (χ0v) is 8.56. The number of thioether (sulfide) groups is 1. The summed E-state index contributed by atoms with van der Waals surface area (Å²) in [6, 6.07) is 3.53. The van der Waals surface area contributed by atoms with Gasteiger partial charge in [-0.3, -0.25) is 4.79 Å². The van der Waals surface area contributed by atoms with E-state index in [1.807, 2.05) is 13.2 Å². The van der Waals surface area contributed by atoms with Gasteiger partial charge in [-0.25, -0.2) is 0 Å². The van der Waals surface area contributed by atoms with Crippen LogP contribution < -0.4 is 5.32 Å². The highest BCUT2D eigenvalue weighted by atomic mass is 32.2. The fourth-order valence-corrected chi connectivity index (χ4v) is 1.58. The average molecular weight is 199 g/mol. The van der Waals surface area contributed by atoms with Crippen molar-refractivity contribution in [1.29, 1.82) is 0 Å². The molecule has 1 N–H and O–H groups in total. The molecule has 72 valence electrons. The first-order chi connectivity index (χ1) is 6.24. The van der Waals surface area contributed by atoms with Crippen LogP contribution in [0.25, 0.3) is 0 Å². The van der Waals surface area contributed by atoms with Gasteiger partial charge in [0.25, 0.3) is 5.91 Å². The Labute approximate surface area is 81.9 Å². The fraction of sp³-hybridized carbons (Fsp3) is 0.444. The molecule has 0 aromatic carbocycles. The third kappa shape index (κ3) is 3.14. The van der Waals surface area contributed by atoms with Crippen LogP contribution in [0.3, 0.4) is 0 Å². The van der Waals surface area contributed by atoms with E-state index >= 15 is 0 Å². The molecule has 0 saturated heterocycles. The van der Waals surface area contributed by atoms with Gasteiger partial charge in [-0.1, -0.05) is 0 Å². The molecule has 1 rings (SSSR count). The lowest BCUT2D eigenvalue weighted by Gasteiger charge is -2.10. The first-order valence-electron chi connectivity index (χ1n) is 4.07. The molecule has 4 heteroatoms. The van der Waals surface area contributed by atoms with Crippen molar-refractivity contribution >= 4 is 17.7 Å². The normalized spacial score (nSPS) is 12.5. The number of carbonyl (C=O) groups is 1. The van der Waals surface area contributed by atoms with Crippen molar-refractivity contribution in [2.24, 2.45) is 0 Å². The standard InChI is InChI=1S/C9H13NO2S/c1-7(6-13-2)10-9(11)8-4-3-5-12-8/h3-5,7H,6H2,1-2H3,(H,10,11). The largest absolute Gasteiger partial charge is 0.459 e. The van der Waals surface area contributed by atoms with Crippen molar-refractivity contribution in [3.63, 3.8) is 0 Å². The van der Waals surface area contributed by atoms with Crippen LogP contribution in [0.5, 0.6) is 0 Å². The summed E-state index contributed by atoms with van der Waals surface area (Å²) < 4.78 is 4.96. The van der Waals surface area contributed by atoms with Gasteiger partial charge in [-0.05, 0) is 25.3 Å². The number of hydrogen-bond acceptors (Lipinski definition) is 3. The Morgan fingerprint density at radius 2 is 2.54 bits per heavy atom. The highest BCUT2D eigenvalue weighted by Crippen LogP contribution is 2.01. The van der Waals surface area contributed by atoms with Crippen molar-refractivity contribution in [3.05, 3.63) is 24.2 Å². The number of nitrogens with one attached hydrogen (secondary N) is 1. The van der Waals surface area contributed by atoms with E-state index < -0.39 is 0 Å². The SMILES string of the molecule is CSCC(C)NC(=O)c1ccco1. The number of carbonyl (C=O) groups excluding carboxylic acids is 1. The summed E-state index contributed by atoms with van der Waals surface area (Å²) in [5.74, 6) is 1.13. The summed E-state index contributed by atoms with van der Waals surface area (Å²) in [5.41, 5.74) is 0. The van der Waals surface area contributed by atoms with E-state index in [2.05, 4.69) is 5.32 Å². The van der Waals surface area contributed by atoms with Crippen LogP contribution in [-0.2, 0) is 0 Å². The molecule has 0 spiro atoms. The van der Waals surface area contributed by atoms with Crippen molar-refractivity contribution < 1.29 is 9.21 Å². The van der Waals surface area contributed by atoms with E-state index in [-0.39, 0.29) is 11.9 Å². The van der Waals surface area contributed by atoms with Gasteiger partial charge in [0.1, 0.15) is 0 Å². The van der Waals surface area contributed by atoms with Crippen LogP contribution in [0.4, 0.5) is 0 Å². The quantitative estimate of drug-likeness (QED) is 0.803. The second kappa shape index (κ2) is 4.97. The van der Waals surface area contributed by atoms with Gasteiger partial charge < -0.3 is 9.73 Å². The van der Waals surface area contributed by atoms with Crippen LogP contribution in [0.2, 0.25) is 0 Å². The molecule has 13 heavy (non-hydrogen) atoms. The van der Waals surface area contributed by atoms with Gasteiger partial charge in [-0.2, -0.15) is 11.8 Å². The lowest BCUT2D eigenvalue weighted by molar-refractivity contribution is 0.0916. The summed E-state index contributed by atoms with van der Waals surface area (Å²) in [5, 5.41) is 2.83. The average Bonchev–Trinajstić information content (AvgIpc) is 2.55. The van der Waals surface area contributed by atoms with Crippen molar-refractivity contribution in [1.82, 2.24) is 5.32 Å². The minimum Gasteiger partial charge on any atom is -0.459 e. The molecular formula is C9H13NO2S. The number of hydrogen-bond donors (Lipinski definition) is 1. The maximum absolute atomic E-state index is 11.4. The zero-order valence-electron chi connectivity index (χ0n) is 7.74. The molecule has 0 aliphatic heterocycles. The maximum Gasteiger partial charge on any atom is 0.287 e. The molecule has 0 radical (unpaired) electrons. The summed E-state index contributed by atoms with van der Waals surface area (Å²) >= 11 is 1.70. The van der Waals surface area contributed by atoms with Gasteiger partial charge in [0.2, 0.25) is 0 Å². The molecule has 0 bridgehead atoms. The first-order valence-corrected chi connectivity index (χ1v) is 5.46. The van der Waals surface area contributed by atoms with E-state index in [0.29, 0.717) is 5.76 Å². The third-order valence-corrected chi connectivity index (χ3v) is 2.37.